The Labute approximate surface area is 171 Å². The van der Waals surface area contributed by atoms with Crippen molar-refractivity contribution in [1.29, 1.82) is 0 Å². The van der Waals surface area contributed by atoms with Crippen molar-refractivity contribution >= 4 is 17.4 Å². The van der Waals surface area contributed by atoms with E-state index in [4.69, 9.17) is 9.15 Å². The van der Waals surface area contributed by atoms with Crippen LogP contribution in [0.1, 0.15) is 19.8 Å². The van der Waals surface area contributed by atoms with Gasteiger partial charge in [-0.25, -0.2) is 4.98 Å². The zero-order valence-corrected chi connectivity index (χ0v) is 16.9. The summed E-state index contributed by atoms with van der Waals surface area (Å²) in [5.74, 6) is 1.57. The fraction of sp³-hybridized carbons (Fsp3) is 0.348. The Kier molecular flexibility index (Phi) is 6.32. The van der Waals surface area contributed by atoms with E-state index in [-0.39, 0.29) is 0 Å². The monoisotopic (exact) mass is 392 g/mol. The largest absolute Gasteiger partial charge is 0.494 e. The van der Waals surface area contributed by atoms with Crippen LogP contribution in [0.3, 0.4) is 0 Å². The normalized spacial score (nSPS) is 14.0. The van der Waals surface area contributed by atoms with E-state index in [1.165, 1.54) is 5.69 Å². The van der Waals surface area contributed by atoms with Gasteiger partial charge in [0, 0.05) is 43.1 Å². The molecule has 0 amide bonds. The number of hydrogen-bond acceptors (Lipinski definition) is 6. The standard InChI is InChI=1S/C23H28N4O2/c1-2-3-15-28-21-6-4-5-18(16-21)22-17-25-23(29-22)26-19-7-9-20(10-8-19)27-13-11-24-12-14-27/h4-10,16-17,24H,2-3,11-15H2,1H3,(H,25,26). The predicted molar refractivity (Wildman–Crippen MR) is 117 cm³/mol. The molecule has 0 saturated carbocycles. The zero-order chi connectivity index (χ0) is 19.9. The molecule has 0 bridgehead atoms. The van der Waals surface area contributed by atoms with Crippen molar-refractivity contribution in [3.05, 3.63) is 54.7 Å². The van der Waals surface area contributed by atoms with Crippen LogP contribution in [0.2, 0.25) is 0 Å². The second-order valence-electron chi connectivity index (χ2n) is 7.17. The molecule has 0 radical (unpaired) electrons. The van der Waals surface area contributed by atoms with E-state index < -0.39 is 0 Å². The Morgan fingerprint density at radius 3 is 2.76 bits per heavy atom. The van der Waals surface area contributed by atoms with Gasteiger partial charge in [-0.2, -0.15) is 0 Å². The summed E-state index contributed by atoms with van der Waals surface area (Å²) >= 11 is 0. The van der Waals surface area contributed by atoms with E-state index in [0.29, 0.717) is 11.8 Å². The first-order valence-electron chi connectivity index (χ1n) is 10.3. The van der Waals surface area contributed by atoms with Crippen LogP contribution in [0.15, 0.2) is 59.1 Å². The number of unbranched alkanes of at least 4 members (excludes halogenated alkanes) is 1. The minimum absolute atomic E-state index is 0.479. The van der Waals surface area contributed by atoms with Gasteiger partial charge in [0.15, 0.2) is 5.76 Å². The third-order valence-electron chi connectivity index (χ3n) is 4.99. The second-order valence-corrected chi connectivity index (χ2v) is 7.17. The molecule has 0 unspecified atom stereocenters. The topological polar surface area (TPSA) is 62.6 Å². The molecule has 3 aromatic rings. The maximum Gasteiger partial charge on any atom is 0.299 e. The minimum Gasteiger partial charge on any atom is -0.494 e. The Bertz CT molecular complexity index is 901. The van der Waals surface area contributed by atoms with Crippen molar-refractivity contribution in [1.82, 2.24) is 10.3 Å². The summed E-state index contributed by atoms with van der Waals surface area (Å²) in [5.41, 5.74) is 3.15. The van der Waals surface area contributed by atoms with Gasteiger partial charge in [-0.15, -0.1) is 0 Å². The summed E-state index contributed by atoms with van der Waals surface area (Å²) in [5, 5.41) is 6.62. The van der Waals surface area contributed by atoms with Gasteiger partial charge in [0.05, 0.1) is 12.8 Å². The number of benzene rings is 2. The molecule has 1 aliphatic heterocycles. The smallest absolute Gasteiger partial charge is 0.299 e. The zero-order valence-electron chi connectivity index (χ0n) is 16.9. The fourth-order valence-electron chi connectivity index (χ4n) is 3.34. The summed E-state index contributed by atoms with van der Waals surface area (Å²) in [6.45, 7) is 7.02. The lowest BCUT2D eigenvalue weighted by molar-refractivity contribution is 0.309. The molecule has 6 heteroatoms. The molecule has 1 aromatic heterocycles. The number of anilines is 3. The van der Waals surface area contributed by atoms with Crippen molar-refractivity contribution in [2.24, 2.45) is 0 Å². The highest BCUT2D eigenvalue weighted by atomic mass is 16.5. The van der Waals surface area contributed by atoms with Gasteiger partial charge in [-0.05, 0) is 42.8 Å². The Morgan fingerprint density at radius 2 is 1.97 bits per heavy atom. The summed E-state index contributed by atoms with van der Waals surface area (Å²) in [6, 6.07) is 16.8. The third kappa shape index (κ3) is 5.09. The highest BCUT2D eigenvalue weighted by Crippen LogP contribution is 2.28. The van der Waals surface area contributed by atoms with Crippen LogP contribution in [-0.2, 0) is 0 Å². The first-order chi connectivity index (χ1) is 14.3. The lowest BCUT2D eigenvalue weighted by Crippen LogP contribution is -2.43. The van der Waals surface area contributed by atoms with Crippen LogP contribution in [0.4, 0.5) is 17.4 Å². The maximum atomic E-state index is 5.90. The summed E-state index contributed by atoms with van der Waals surface area (Å²) < 4.78 is 11.7. The number of rotatable bonds is 8. The van der Waals surface area contributed by atoms with E-state index >= 15 is 0 Å². The van der Waals surface area contributed by atoms with E-state index in [2.05, 4.69) is 51.7 Å². The first kappa shape index (κ1) is 19.3. The molecular formula is C23H28N4O2. The van der Waals surface area contributed by atoms with Crippen LogP contribution in [0.25, 0.3) is 11.3 Å². The predicted octanol–water partition coefficient (Wildman–Crippen LogP) is 4.67. The number of nitrogens with one attached hydrogen (secondary N) is 2. The molecule has 2 heterocycles. The van der Waals surface area contributed by atoms with Crippen LogP contribution >= 0.6 is 0 Å². The Balaban J connectivity index is 1.39. The molecule has 152 valence electrons. The number of oxazole rings is 1. The average molecular weight is 393 g/mol. The molecule has 4 rings (SSSR count). The van der Waals surface area contributed by atoms with E-state index in [9.17, 15) is 0 Å². The van der Waals surface area contributed by atoms with Gasteiger partial charge in [0.1, 0.15) is 5.75 Å². The van der Waals surface area contributed by atoms with Crippen molar-refractivity contribution in [2.45, 2.75) is 19.8 Å². The lowest BCUT2D eigenvalue weighted by Gasteiger charge is -2.29. The molecule has 1 fully saturated rings. The third-order valence-corrected chi connectivity index (χ3v) is 4.99. The molecule has 6 nitrogen and oxygen atoms in total. The molecule has 2 N–H and O–H groups in total. The van der Waals surface area contributed by atoms with Crippen LogP contribution < -0.4 is 20.3 Å². The molecule has 29 heavy (non-hydrogen) atoms. The van der Waals surface area contributed by atoms with Crippen molar-refractivity contribution in [2.75, 3.05) is 43.0 Å². The van der Waals surface area contributed by atoms with Gasteiger partial charge in [0.25, 0.3) is 6.01 Å². The molecule has 1 aliphatic rings. The van der Waals surface area contributed by atoms with E-state index in [1.54, 1.807) is 6.20 Å². The Morgan fingerprint density at radius 1 is 1.14 bits per heavy atom. The highest BCUT2D eigenvalue weighted by molar-refractivity contribution is 5.62. The molecule has 1 saturated heterocycles. The second kappa shape index (κ2) is 9.47. The maximum absolute atomic E-state index is 5.90. The average Bonchev–Trinajstić information content (AvgIpc) is 3.24. The number of aromatic nitrogens is 1. The molecule has 0 atom stereocenters. The highest BCUT2D eigenvalue weighted by Gasteiger charge is 2.11. The summed E-state index contributed by atoms with van der Waals surface area (Å²) in [4.78, 5) is 6.76. The quantitative estimate of drug-likeness (QED) is 0.543. The molecular weight excluding hydrogens is 364 g/mol. The van der Waals surface area contributed by atoms with Crippen LogP contribution in [0, 0.1) is 0 Å². The summed E-state index contributed by atoms with van der Waals surface area (Å²) in [7, 11) is 0. The van der Waals surface area contributed by atoms with Crippen LogP contribution in [-0.4, -0.2) is 37.8 Å². The van der Waals surface area contributed by atoms with Gasteiger partial charge < -0.3 is 24.7 Å². The van der Waals surface area contributed by atoms with Gasteiger partial charge >= 0.3 is 0 Å². The number of nitrogens with zero attached hydrogens (tertiary/aromatic N) is 2. The van der Waals surface area contributed by atoms with Gasteiger partial charge in [-0.3, -0.25) is 0 Å². The number of ether oxygens (including phenoxy) is 1. The lowest BCUT2D eigenvalue weighted by atomic mass is 10.2. The van der Waals surface area contributed by atoms with E-state index in [1.807, 2.05) is 24.3 Å². The van der Waals surface area contributed by atoms with Crippen molar-refractivity contribution in [3.8, 4) is 17.1 Å². The molecule has 0 spiro atoms. The first-order valence-corrected chi connectivity index (χ1v) is 10.3. The number of piperazine rings is 1. The summed E-state index contributed by atoms with van der Waals surface area (Å²) in [6.07, 6.45) is 3.91. The van der Waals surface area contributed by atoms with Gasteiger partial charge in [-0.1, -0.05) is 25.5 Å². The SMILES string of the molecule is CCCCOc1cccc(-c2cnc(Nc3ccc(N4CCNCC4)cc3)o2)c1. The Hall–Kier alpha value is -2.99. The van der Waals surface area contributed by atoms with Gasteiger partial charge in [0.2, 0.25) is 0 Å². The fourth-order valence-corrected chi connectivity index (χ4v) is 3.34. The molecule has 2 aromatic carbocycles. The van der Waals surface area contributed by atoms with Crippen molar-refractivity contribution < 1.29 is 9.15 Å². The molecule has 0 aliphatic carbocycles. The van der Waals surface area contributed by atoms with E-state index in [0.717, 1.165) is 62.6 Å². The minimum atomic E-state index is 0.479. The van der Waals surface area contributed by atoms with Crippen molar-refractivity contribution in [3.63, 3.8) is 0 Å². The van der Waals surface area contributed by atoms with Crippen LogP contribution in [0.5, 0.6) is 5.75 Å². The number of hydrogen-bond donors (Lipinski definition) is 2.